The fourth-order valence-corrected chi connectivity index (χ4v) is 6.28. The number of nitrogens with zero attached hydrogens (tertiary/aromatic N) is 1. The third kappa shape index (κ3) is 2.79. The molecule has 0 N–H and O–H groups in total. The summed E-state index contributed by atoms with van der Waals surface area (Å²) in [7, 11) is 0. The van der Waals surface area contributed by atoms with Crippen molar-refractivity contribution in [3.8, 4) is 0 Å². The van der Waals surface area contributed by atoms with E-state index in [9.17, 15) is 4.79 Å². The molecular weight excluding hydrogens is 269 g/mol. The molecule has 0 aliphatic carbocycles. The molecule has 0 unspecified atom stereocenters. The Morgan fingerprint density at radius 3 is 2.69 bits per heavy atom. The van der Waals surface area contributed by atoms with Gasteiger partial charge in [-0.25, -0.2) is 0 Å². The van der Waals surface area contributed by atoms with Gasteiger partial charge in [-0.2, -0.15) is 0 Å². The first-order valence-corrected chi connectivity index (χ1v) is 14.4. The summed E-state index contributed by atoms with van der Waals surface area (Å²) in [5, 5.41) is 0. The van der Waals surface area contributed by atoms with E-state index in [1.165, 1.54) is 3.58 Å². The van der Waals surface area contributed by atoms with Gasteiger partial charge in [0.05, 0.1) is 0 Å². The van der Waals surface area contributed by atoms with Crippen LogP contribution in [0.15, 0.2) is 18.5 Å². The minimum absolute atomic E-state index is 0.511. The number of aldehydes is 1. The zero-order valence-electron chi connectivity index (χ0n) is 8.37. The number of hydrogen-bond acceptors (Lipinski definition) is 2. The molecule has 2 nitrogen and oxygen atoms in total. The van der Waals surface area contributed by atoms with Gasteiger partial charge in [0.15, 0.2) is 0 Å². The predicted molar refractivity (Wildman–Crippen MR) is 57.0 cm³/mol. The van der Waals surface area contributed by atoms with Crippen LogP contribution in [-0.4, -0.2) is 29.6 Å². The van der Waals surface area contributed by atoms with E-state index >= 15 is 0 Å². The molecule has 0 aliphatic heterocycles. The number of carbonyl (C=O) groups is 1. The predicted octanol–water partition coefficient (Wildman–Crippen LogP) is 1.37. The maximum atomic E-state index is 10.4. The van der Waals surface area contributed by atoms with Crippen molar-refractivity contribution in [2.45, 2.75) is 21.2 Å². The van der Waals surface area contributed by atoms with Crippen molar-refractivity contribution in [1.82, 2.24) is 4.98 Å². The van der Waals surface area contributed by atoms with Gasteiger partial charge in [0, 0.05) is 0 Å². The van der Waals surface area contributed by atoms with Crippen molar-refractivity contribution in [2.24, 2.45) is 0 Å². The molecule has 70 valence electrons. The van der Waals surface area contributed by atoms with Crippen LogP contribution >= 0.6 is 0 Å². The first-order valence-electron chi connectivity index (χ1n) is 4.42. The number of hydrogen-bond donors (Lipinski definition) is 0. The number of rotatable bonds is 3. The SMILES string of the molecule is [CH3][Sn]([CH3])([CH3])[c]1ccncc1CC=O. The first-order chi connectivity index (χ1) is 6.05. The molecule has 0 bridgehead atoms. The van der Waals surface area contributed by atoms with E-state index in [0.29, 0.717) is 6.42 Å². The molecule has 0 saturated carbocycles. The Balaban J connectivity index is 3.11. The molecule has 0 radical (unpaired) electrons. The van der Waals surface area contributed by atoms with Crippen molar-refractivity contribution in [2.75, 3.05) is 0 Å². The fraction of sp³-hybridized carbons (Fsp3) is 0.400. The summed E-state index contributed by atoms with van der Waals surface area (Å²) in [6.07, 6.45) is 5.12. The Bertz CT molecular complexity index is 304. The van der Waals surface area contributed by atoms with Crippen LogP contribution in [0.5, 0.6) is 0 Å². The van der Waals surface area contributed by atoms with Crippen LogP contribution in [0.4, 0.5) is 0 Å². The molecule has 0 fully saturated rings. The first kappa shape index (κ1) is 10.7. The normalized spacial score (nSPS) is 11.3. The van der Waals surface area contributed by atoms with Crippen LogP contribution in [0, 0.1) is 0 Å². The van der Waals surface area contributed by atoms with E-state index in [0.717, 1.165) is 11.8 Å². The summed E-state index contributed by atoms with van der Waals surface area (Å²) in [5.41, 5.74) is 1.13. The van der Waals surface area contributed by atoms with E-state index in [1.54, 1.807) is 0 Å². The zero-order valence-corrected chi connectivity index (χ0v) is 11.2. The molecule has 0 atom stereocenters. The minimum atomic E-state index is -2.03. The van der Waals surface area contributed by atoms with Crippen molar-refractivity contribution in [3.63, 3.8) is 0 Å². The number of pyridine rings is 1. The second-order valence-electron chi connectivity index (χ2n) is 4.15. The molecule has 0 spiro atoms. The third-order valence-electron chi connectivity index (χ3n) is 2.01. The van der Waals surface area contributed by atoms with Crippen molar-refractivity contribution in [1.29, 1.82) is 0 Å². The molecule has 1 heterocycles. The summed E-state index contributed by atoms with van der Waals surface area (Å²) >= 11 is -2.03. The Kier molecular flexibility index (Phi) is 3.47. The molecule has 1 rings (SSSR count). The van der Waals surface area contributed by atoms with Crippen LogP contribution in [-0.2, 0) is 11.2 Å². The van der Waals surface area contributed by atoms with Gasteiger partial charge < -0.3 is 0 Å². The van der Waals surface area contributed by atoms with E-state index < -0.39 is 18.4 Å². The Labute approximate surface area is 83.3 Å². The molecule has 13 heavy (non-hydrogen) atoms. The molecule has 0 amide bonds. The number of carbonyl (C=O) groups excluding carboxylic acids is 1. The van der Waals surface area contributed by atoms with Crippen molar-refractivity contribution < 1.29 is 4.79 Å². The van der Waals surface area contributed by atoms with Gasteiger partial charge in [-0.15, -0.1) is 0 Å². The standard InChI is InChI=1S/C7H6NO.3CH3.Sn/c9-5-3-7-2-1-4-8-6-7;;;;/h1,4-6H,3H2;3*1H3;. The second kappa shape index (κ2) is 4.22. The molecule has 0 saturated heterocycles. The Morgan fingerprint density at radius 2 is 2.15 bits per heavy atom. The van der Waals surface area contributed by atoms with Gasteiger partial charge in [-0.3, -0.25) is 0 Å². The molecule has 0 aliphatic rings. The van der Waals surface area contributed by atoms with Gasteiger partial charge in [0.1, 0.15) is 0 Å². The molecule has 1 aromatic heterocycles. The summed E-state index contributed by atoms with van der Waals surface area (Å²) in [5.74, 6) is 0. The van der Waals surface area contributed by atoms with Crippen LogP contribution < -0.4 is 3.58 Å². The quantitative estimate of drug-likeness (QED) is 0.620. The van der Waals surface area contributed by atoms with Crippen LogP contribution in [0.25, 0.3) is 0 Å². The topological polar surface area (TPSA) is 30.0 Å². The van der Waals surface area contributed by atoms with Gasteiger partial charge in [0.2, 0.25) is 0 Å². The van der Waals surface area contributed by atoms with E-state index in [2.05, 4.69) is 25.9 Å². The summed E-state index contributed by atoms with van der Waals surface area (Å²) < 4.78 is 1.41. The summed E-state index contributed by atoms with van der Waals surface area (Å²) in [6.45, 7) is 0. The molecule has 1 aromatic rings. The number of aromatic nitrogens is 1. The maximum absolute atomic E-state index is 10.4. The van der Waals surface area contributed by atoms with Crippen LogP contribution in [0.3, 0.4) is 0 Å². The molecular formula is C10H15NOSn. The van der Waals surface area contributed by atoms with Gasteiger partial charge in [-0.05, 0) is 0 Å². The molecule has 3 heteroatoms. The average molecular weight is 284 g/mol. The van der Waals surface area contributed by atoms with E-state index in [-0.39, 0.29) is 0 Å². The van der Waals surface area contributed by atoms with Crippen LogP contribution in [0.1, 0.15) is 5.56 Å². The van der Waals surface area contributed by atoms with E-state index in [4.69, 9.17) is 0 Å². The fourth-order valence-electron chi connectivity index (χ4n) is 1.41. The summed E-state index contributed by atoms with van der Waals surface area (Å²) in [6, 6.07) is 2.08. The van der Waals surface area contributed by atoms with Gasteiger partial charge >= 0.3 is 83.3 Å². The van der Waals surface area contributed by atoms with Crippen LogP contribution in [0.2, 0.25) is 14.8 Å². The second-order valence-corrected chi connectivity index (χ2v) is 18.5. The van der Waals surface area contributed by atoms with E-state index in [1.807, 2.05) is 12.4 Å². The average Bonchev–Trinajstić information content (AvgIpc) is 2.04. The molecule has 0 aromatic carbocycles. The monoisotopic (exact) mass is 285 g/mol. The van der Waals surface area contributed by atoms with Crippen molar-refractivity contribution >= 4 is 28.2 Å². The zero-order chi connectivity index (χ0) is 9.90. The Morgan fingerprint density at radius 1 is 1.46 bits per heavy atom. The van der Waals surface area contributed by atoms with Gasteiger partial charge in [-0.1, -0.05) is 0 Å². The van der Waals surface area contributed by atoms with Gasteiger partial charge in [0.25, 0.3) is 0 Å². The summed E-state index contributed by atoms with van der Waals surface area (Å²) in [4.78, 5) is 21.5. The Hall–Kier alpha value is -0.381. The third-order valence-corrected chi connectivity index (χ3v) is 8.02. The van der Waals surface area contributed by atoms with Crippen molar-refractivity contribution in [3.05, 3.63) is 24.0 Å².